The van der Waals surface area contributed by atoms with E-state index < -0.39 is 5.54 Å². The summed E-state index contributed by atoms with van der Waals surface area (Å²) in [7, 11) is 1.49. The minimum absolute atomic E-state index is 0.0931. The van der Waals surface area contributed by atoms with E-state index in [1.807, 2.05) is 6.92 Å². The van der Waals surface area contributed by atoms with Crippen LogP contribution in [0.15, 0.2) is 0 Å². The molecule has 1 aliphatic carbocycles. The number of thioether (sulfide) groups is 1. The number of likely N-dealkylation sites (N-methyl/N-ethyl adjacent to an activating group) is 1. The number of ether oxygens (including phenoxy) is 2. The summed E-state index contributed by atoms with van der Waals surface area (Å²) in [5.74, 6) is -0.0931. The number of carbonyl (C=O) groups excluding carboxylic acids is 1. The first-order valence-electron chi connectivity index (χ1n) is 7.27. The molecule has 0 radical (unpaired) electrons. The van der Waals surface area contributed by atoms with E-state index in [1.54, 1.807) is 0 Å². The molecule has 2 fully saturated rings. The molecule has 0 aromatic carbocycles. The van der Waals surface area contributed by atoms with Gasteiger partial charge in [0.15, 0.2) is 0 Å². The molecule has 1 heterocycles. The van der Waals surface area contributed by atoms with Gasteiger partial charge in [-0.2, -0.15) is 11.8 Å². The highest BCUT2D eigenvalue weighted by molar-refractivity contribution is 8.00. The van der Waals surface area contributed by atoms with Gasteiger partial charge in [0.2, 0.25) is 0 Å². The lowest BCUT2D eigenvalue weighted by Crippen LogP contribution is -2.51. The molecule has 1 saturated carbocycles. The summed E-state index contributed by atoms with van der Waals surface area (Å²) in [6.07, 6.45) is 5.19. The first kappa shape index (κ1) is 15.1. The Labute approximate surface area is 120 Å². The van der Waals surface area contributed by atoms with Crippen LogP contribution in [-0.4, -0.2) is 48.9 Å². The van der Waals surface area contributed by atoms with E-state index in [1.165, 1.54) is 7.11 Å². The maximum atomic E-state index is 12.0. The topological polar surface area (TPSA) is 47.6 Å². The molecule has 0 amide bonds. The number of methoxy groups -OCH3 is 1. The highest BCUT2D eigenvalue weighted by atomic mass is 32.2. The zero-order chi connectivity index (χ0) is 13.7. The monoisotopic (exact) mass is 287 g/mol. The summed E-state index contributed by atoms with van der Waals surface area (Å²) in [6, 6.07) is 0. The maximum Gasteiger partial charge on any atom is 0.326 e. The molecule has 2 aliphatic rings. The van der Waals surface area contributed by atoms with Crippen LogP contribution in [0.4, 0.5) is 0 Å². The second-order valence-electron chi connectivity index (χ2n) is 5.42. The van der Waals surface area contributed by atoms with Crippen LogP contribution in [-0.2, 0) is 14.3 Å². The van der Waals surface area contributed by atoms with E-state index in [9.17, 15) is 4.79 Å². The number of esters is 1. The number of rotatable bonds is 5. The van der Waals surface area contributed by atoms with Crippen molar-refractivity contribution >= 4 is 17.7 Å². The van der Waals surface area contributed by atoms with Gasteiger partial charge < -0.3 is 14.8 Å². The average molecular weight is 287 g/mol. The summed E-state index contributed by atoms with van der Waals surface area (Å²) in [4.78, 5) is 12.0. The van der Waals surface area contributed by atoms with Crippen LogP contribution in [0, 0.1) is 0 Å². The molecular weight excluding hydrogens is 262 g/mol. The molecule has 0 bridgehead atoms. The fraction of sp³-hybridized carbons (Fsp3) is 0.929. The summed E-state index contributed by atoms with van der Waals surface area (Å²) >= 11 is 2.06. The third-order valence-electron chi connectivity index (χ3n) is 4.11. The summed E-state index contributed by atoms with van der Waals surface area (Å²) in [6.45, 7) is 4.63. The zero-order valence-corrected chi connectivity index (χ0v) is 12.8. The molecule has 4 nitrogen and oxygen atoms in total. The predicted molar refractivity (Wildman–Crippen MR) is 77.5 cm³/mol. The number of carbonyl (C=O) groups is 1. The van der Waals surface area contributed by atoms with E-state index in [0.29, 0.717) is 10.5 Å². The van der Waals surface area contributed by atoms with Crippen LogP contribution in [0.25, 0.3) is 0 Å². The van der Waals surface area contributed by atoms with Crippen LogP contribution in [0.5, 0.6) is 0 Å². The van der Waals surface area contributed by atoms with Crippen LogP contribution in [0.3, 0.4) is 0 Å². The van der Waals surface area contributed by atoms with Gasteiger partial charge in [0, 0.05) is 23.7 Å². The standard InChI is InChI=1S/C14H25NO3S/c1-3-15-14(13(16)17-2)7-4-12(10-14)19-11-5-8-18-9-6-11/h11-12,15H,3-10H2,1-2H3. The predicted octanol–water partition coefficient (Wildman–Crippen LogP) is 1.97. The molecule has 2 atom stereocenters. The lowest BCUT2D eigenvalue weighted by molar-refractivity contribution is -0.148. The molecule has 0 aromatic heterocycles. The van der Waals surface area contributed by atoms with Crippen molar-refractivity contribution in [2.24, 2.45) is 0 Å². The molecule has 2 rings (SSSR count). The van der Waals surface area contributed by atoms with Crippen LogP contribution < -0.4 is 5.32 Å². The summed E-state index contributed by atoms with van der Waals surface area (Å²) in [5.41, 5.74) is -0.438. The van der Waals surface area contributed by atoms with Crippen molar-refractivity contribution in [3.63, 3.8) is 0 Å². The van der Waals surface area contributed by atoms with Gasteiger partial charge in [-0.25, -0.2) is 0 Å². The van der Waals surface area contributed by atoms with Gasteiger partial charge in [0.05, 0.1) is 7.11 Å². The third-order valence-corrected chi connectivity index (χ3v) is 5.76. The molecule has 0 spiro atoms. The molecule has 1 saturated heterocycles. The highest BCUT2D eigenvalue weighted by Gasteiger charge is 2.46. The Kier molecular flexibility index (Phi) is 5.54. The van der Waals surface area contributed by atoms with Crippen LogP contribution in [0.2, 0.25) is 0 Å². The lowest BCUT2D eigenvalue weighted by atomic mass is 9.98. The molecule has 1 aliphatic heterocycles. The minimum atomic E-state index is -0.438. The first-order chi connectivity index (χ1) is 9.20. The van der Waals surface area contributed by atoms with E-state index in [-0.39, 0.29) is 5.97 Å². The van der Waals surface area contributed by atoms with Crippen LogP contribution in [0.1, 0.15) is 39.0 Å². The molecule has 5 heteroatoms. The smallest absolute Gasteiger partial charge is 0.326 e. The van der Waals surface area contributed by atoms with Crippen molar-refractivity contribution in [3.05, 3.63) is 0 Å². The molecule has 19 heavy (non-hydrogen) atoms. The second-order valence-corrected chi connectivity index (χ2v) is 7.02. The molecule has 2 unspecified atom stereocenters. The van der Waals surface area contributed by atoms with E-state index in [0.717, 1.165) is 51.9 Å². The molecule has 0 aromatic rings. The van der Waals surface area contributed by atoms with Crippen molar-refractivity contribution in [1.82, 2.24) is 5.32 Å². The van der Waals surface area contributed by atoms with Gasteiger partial charge >= 0.3 is 5.97 Å². The van der Waals surface area contributed by atoms with Gasteiger partial charge in [0.25, 0.3) is 0 Å². The van der Waals surface area contributed by atoms with E-state index >= 15 is 0 Å². The fourth-order valence-corrected chi connectivity index (χ4v) is 4.80. The van der Waals surface area contributed by atoms with Gasteiger partial charge in [-0.1, -0.05) is 6.92 Å². The summed E-state index contributed by atoms with van der Waals surface area (Å²) < 4.78 is 10.4. The average Bonchev–Trinajstić information content (AvgIpc) is 2.84. The van der Waals surface area contributed by atoms with Crippen molar-refractivity contribution in [3.8, 4) is 0 Å². The lowest BCUT2D eigenvalue weighted by Gasteiger charge is -2.28. The quantitative estimate of drug-likeness (QED) is 0.783. The number of hydrogen-bond acceptors (Lipinski definition) is 5. The van der Waals surface area contributed by atoms with E-state index in [4.69, 9.17) is 9.47 Å². The Morgan fingerprint density at radius 3 is 2.74 bits per heavy atom. The minimum Gasteiger partial charge on any atom is -0.468 e. The maximum absolute atomic E-state index is 12.0. The second kappa shape index (κ2) is 6.95. The Morgan fingerprint density at radius 2 is 2.11 bits per heavy atom. The Bertz CT molecular complexity index is 307. The zero-order valence-electron chi connectivity index (χ0n) is 11.9. The van der Waals surface area contributed by atoms with Crippen molar-refractivity contribution in [1.29, 1.82) is 0 Å². The summed E-state index contributed by atoms with van der Waals surface area (Å²) in [5, 5.41) is 4.64. The SMILES string of the molecule is CCNC1(C(=O)OC)CCC(SC2CCOCC2)C1. The Balaban J connectivity index is 1.90. The Morgan fingerprint density at radius 1 is 1.37 bits per heavy atom. The van der Waals surface area contributed by atoms with Crippen molar-refractivity contribution in [2.45, 2.75) is 55.1 Å². The highest BCUT2D eigenvalue weighted by Crippen LogP contribution is 2.41. The first-order valence-corrected chi connectivity index (χ1v) is 8.21. The molecular formula is C14H25NO3S. The largest absolute Gasteiger partial charge is 0.468 e. The van der Waals surface area contributed by atoms with Gasteiger partial charge in [0.1, 0.15) is 5.54 Å². The number of hydrogen-bond donors (Lipinski definition) is 1. The van der Waals surface area contributed by atoms with E-state index in [2.05, 4.69) is 17.1 Å². The van der Waals surface area contributed by atoms with Crippen LogP contribution >= 0.6 is 11.8 Å². The van der Waals surface area contributed by atoms with Gasteiger partial charge in [-0.15, -0.1) is 0 Å². The van der Waals surface area contributed by atoms with Gasteiger partial charge in [-0.3, -0.25) is 4.79 Å². The third kappa shape index (κ3) is 3.64. The van der Waals surface area contributed by atoms with Crippen molar-refractivity contribution in [2.75, 3.05) is 26.9 Å². The fourth-order valence-electron chi connectivity index (χ4n) is 3.15. The van der Waals surface area contributed by atoms with Gasteiger partial charge in [-0.05, 0) is 38.6 Å². The molecule has 110 valence electrons. The normalized spacial score (nSPS) is 32.4. The Hall–Kier alpha value is -0.260. The molecule has 1 N–H and O–H groups in total. The number of nitrogens with one attached hydrogen (secondary N) is 1. The van der Waals surface area contributed by atoms with Crippen molar-refractivity contribution < 1.29 is 14.3 Å².